The van der Waals surface area contributed by atoms with E-state index in [4.69, 9.17) is 0 Å². The number of fused-ring (bicyclic) bond motifs is 2. The van der Waals surface area contributed by atoms with Crippen LogP contribution in [-0.2, 0) is 6.42 Å². The molecule has 0 saturated heterocycles. The largest absolute Gasteiger partial charge is 0.380 e. The number of hydrogen-bond acceptors (Lipinski definition) is 3. The third-order valence-electron chi connectivity index (χ3n) is 3.38. The third kappa shape index (κ3) is 1.61. The maximum Gasteiger partial charge on any atom is 0.277 e. The minimum Gasteiger partial charge on any atom is -0.380 e. The predicted octanol–water partition coefficient (Wildman–Crippen LogP) is 3.49. The number of rotatable bonds is 1. The highest BCUT2D eigenvalue weighted by Gasteiger charge is 2.28. The minimum absolute atomic E-state index is 0.0223. The van der Waals surface area contributed by atoms with E-state index in [-0.39, 0.29) is 16.1 Å². The number of nitro benzene ring substituents is 1. The molecule has 0 unspecified atom stereocenters. The Morgan fingerprint density at radius 1 is 1.33 bits per heavy atom. The molecule has 1 aliphatic heterocycles. The summed E-state index contributed by atoms with van der Waals surface area (Å²) in [6, 6.07) is 9.15. The van der Waals surface area contributed by atoms with E-state index < -0.39 is 0 Å². The molecule has 0 bridgehead atoms. The summed E-state index contributed by atoms with van der Waals surface area (Å²) in [5.74, 6) is 0. The van der Waals surface area contributed by atoms with Crippen LogP contribution in [0.4, 0.5) is 11.4 Å². The van der Waals surface area contributed by atoms with Gasteiger partial charge < -0.3 is 5.32 Å². The van der Waals surface area contributed by atoms with Crippen molar-refractivity contribution in [2.75, 3.05) is 5.32 Å². The topological polar surface area (TPSA) is 55.2 Å². The third-order valence-corrected chi connectivity index (χ3v) is 3.38. The second-order valence-electron chi connectivity index (χ2n) is 5.45. The molecule has 0 saturated carbocycles. The zero-order chi connectivity index (χ0) is 12.9. The van der Waals surface area contributed by atoms with E-state index in [9.17, 15) is 10.1 Å². The Morgan fingerprint density at radius 2 is 2.11 bits per heavy atom. The van der Waals surface area contributed by atoms with E-state index in [1.807, 2.05) is 18.2 Å². The Kier molecular flexibility index (Phi) is 2.11. The Bertz CT molecular complexity index is 662. The molecule has 1 N–H and O–H groups in total. The lowest BCUT2D eigenvalue weighted by atomic mass is 9.98. The van der Waals surface area contributed by atoms with Crippen molar-refractivity contribution >= 4 is 22.1 Å². The monoisotopic (exact) mass is 242 g/mol. The van der Waals surface area contributed by atoms with Crippen LogP contribution in [0.2, 0.25) is 0 Å². The molecule has 4 nitrogen and oxygen atoms in total. The summed E-state index contributed by atoms with van der Waals surface area (Å²) < 4.78 is 0. The van der Waals surface area contributed by atoms with Gasteiger partial charge in [-0.2, -0.15) is 0 Å². The molecule has 0 amide bonds. The number of nitrogens with one attached hydrogen (secondary N) is 1. The maximum absolute atomic E-state index is 11.0. The molecular weight excluding hydrogens is 228 g/mol. The van der Waals surface area contributed by atoms with E-state index in [0.29, 0.717) is 0 Å². The van der Waals surface area contributed by atoms with Gasteiger partial charge in [0.05, 0.1) is 10.3 Å². The quantitative estimate of drug-likeness (QED) is 0.615. The Morgan fingerprint density at radius 3 is 2.83 bits per heavy atom. The molecule has 92 valence electrons. The van der Waals surface area contributed by atoms with Gasteiger partial charge in [0.15, 0.2) is 0 Å². The lowest BCUT2D eigenvalue weighted by Gasteiger charge is -2.17. The van der Waals surface area contributed by atoms with Crippen LogP contribution in [0.25, 0.3) is 10.8 Å². The lowest BCUT2D eigenvalue weighted by molar-refractivity contribution is -0.383. The fraction of sp³-hybridized carbons (Fsp3) is 0.286. The van der Waals surface area contributed by atoms with Crippen LogP contribution in [0.5, 0.6) is 0 Å². The molecule has 3 rings (SSSR count). The molecule has 0 atom stereocenters. The number of nitrogens with zero attached hydrogens (tertiary/aromatic N) is 1. The van der Waals surface area contributed by atoms with Crippen molar-refractivity contribution in [3.8, 4) is 0 Å². The van der Waals surface area contributed by atoms with Crippen LogP contribution >= 0.6 is 0 Å². The van der Waals surface area contributed by atoms with E-state index in [2.05, 4.69) is 19.2 Å². The first kappa shape index (κ1) is 11.0. The van der Waals surface area contributed by atoms with Crippen molar-refractivity contribution in [3.05, 3.63) is 46.0 Å². The van der Waals surface area contributed by atoms with Gasteiger partial charge in [-0.15, -0.1) is 0 Å². The van der Waals surface area contributed by atoms with Gasteiger partial charge in [-0.25, -0.2) is 0 Å². The molecule has 2 aromatic rings. The predicted molar refractivity (Wildman–Crippen MR) is 72.0 cm³/mol. The average Bonchev–Trinajstić information content (AvgIpc) is 2.57. The molecule has 2 aromatic carbocycles. The van der Waals surface area contributed by atoms with Gasteiger partial charge >= 0.3 is 0 Å². The highest BCUT2D eigenvalue weighted by Crippen LogP contribution is 2.37. The second-order valence-corrected chi connectivity index (χ2v) is 5.45. The van der Waals surface area contributed by atoms with E-state index in [1.54, 1.807) is 12.1 Å². The van der Waals surface area contributed by atoms with Crippen LogP contribution in [0, 0.1) is 10.1 Å². The van der Waals surface area contributed by atoms with Crippen LogP contribution < -0.4 is 5.32 Å². The van der Waals surface area contributed by atoms with Crippen molar-refractivity contribution in [2.45, 2.75) is 25.8 Å². The van der Waals surface area contributed by atoms with Gasteiger partial charge in [-0.05, 0) is 43.4 Å². The summed E-state index contributed by atoms with van der Waals surface area (Å²) in [6.07, 6.45) is 0.893. The van der Waals surface area contributed by atoms with Gasteiger partial charge in [0.2, 0.25) is 0 Å². The van der Waals surface area contributed by atoms with Crippen LogP contribution in [0.1, 0.15) is 19.4 Å². The van der Waals surface area contributed by atoms with Crippen molar-refractivity contribution in [1.82, 2.24) is 0 Å². The van der Waals surface area contributed by atoms with Gasteiger partial charge in [0.1, 0.15) is 0 Å². The summed E-state index contributed by atoms with van der Waals surface area (Å²) in [4.78, 5) is 10.7. The molecule has 0 aliphatic carbocycles. The number of hydrogen-bond donors (Lipinski definition) is 1. The van der Waals surface area contributed by atoms with Crippen molar-refractivity contribution < 1.29 is 4.92 Å². The maximum atomic E-state index is 11.0. The molecular formula is C14H14N2O2. The lowest BCUT2D eigenvalue weighted by Crippen LogP contribution is -2.26. The Balaban J connectivity index is 2.26. The summed E-state index contributed by atoms with van der Waals surface area (Å²) in [7, 11) is 0. The van der Waals surface area contributed by atoms with Gasteiger partial charge in [-0.1, -0.05) is 12.1 Å². The van der Waals surface area contributed by atoms with E-state index in [1.165, 1.54) is 0 Å². The molecule has 0 fully saturated rings. The minimum atomic E-state index is -0.317. The second kappa shape index (κ2) is 3.45. The molecule has 0 spiro atoms. The molecule has 4 heteroatoms. The summed E-state index contributed by atoms with van der Waals surface area (Å²) >= 11 is 0. The van der Waals surface area contributed by atoms with E-state index >= 15 is 0 Å². The number of anilines is 1. The molecule has 1 heterocycles. The van der Waals surface area contributed by atoms with Gasteiger partial charge in [0.25, 0.3) is 5.69 Å². The first-order valence-corrected chi connectivity index (χ1v) is 5.94. The van der Waals surface area contributed by atoms with E-state index in [0.717, 1.165) is 28.4 Å². The normalized spacial score (nSPS) is 16.3. The average molecular weight is 242 g/mol. The zero-order valence-corrected chi connectivity index (χ0v) is 10.4. The van der Waals surface area contributed by atoms with Crippen LogP contribution in [0.15, 0.2) is 30.3 Å². The fourth-order valence-electron chi connectivity index (χ4n) is 2.66. The van der Waals surface area contributed by atoms with Gasteiger partial charge in [0, 0.05) is 17.3 Å². The zero-order valence-electron chi connectivity index (χ0n) is 10.4. The highest BCUT2D eigenvalue weighted by atomic mass is 16.6. The molecule has 1 aliphatic rings. The van der Waals surface area contributed by atoms with Crippen LogP contribution in [-0.4, -0.2) is 10.5 Å². The van der Waals surface area contributed by atoms with Gasteiger partial charge in [-0.3, -0.25) is 10.1 Å². The summed E-state index contributed by atoms with van der Waals surface area (Å²) in [6.45, 7) is 4.26. The Labute approximate surface area is 105 Å². The van der Waals surface area contributed by atoms with Crippen molar-refractivity contribution in [2.24, 2.45) is 0 Å². The molecule has 0 aromatic heterocycles. The highest BCUT2D eigenvalue weighted by molar-refractivity contribution is 5.94. The SMILES string of the molecule is CC1(C)Cc2cc3c([N+](=O)[O-])cccc3cc2N1. The summed E-state index contributed by atoms with van der Waals surface area (Å²) in [5.41, 5.74) is 2.45. The van der Waals surface area contributed by atoms with Crippen molar-refractivity contribution in [3.63, 3.8) is 0 Å². The number of nitro groups is 1. The molecule has 18 heavy (non-hydrogen) atoms. The van der Waals surface area contributed by atoms with Crippen LogP contribution in [0.3, 0.4) is 0 Å². The fourth-order valence-corrected chi connectivity index (χ4v) is 2.66. The number of benzene rings is 2. The number of non-ortho nitro benzene ring substituents is 1. The smallest absolute Gasteiger partial charge is 0.277 e. The standard InChI is InChI=1S/C14H14N2O2/c1-14(2)8-10-6-11-9(7-12(10)15-14)4-3-5-13(11)16(17)18/h3-7,15H,8H2,1-2H3. The molecule has 0 radical (unpaired) electrons. The Hall–Kier alpha value is -2.10. The summed E-state index contributed by atoms with van der Waals surface area (Å²) in [5, 5.41) is 16.1. The van der Waals surface area contributed by atoms with Crippen molar-refractivity contribution in [1.29, 1.82) is 0 Å². The first-order chi connectivity index (χ1) is 8.46. The first-order valence-electron chi connectivity index (χ1n) is 5.94.